The van der Waals surface area contributed by atoms with Gasteiger partial charge in [0.05, 0.1) is 24.5 Å². The number of nitrogens with one attached hydrogen (secondary N) is 1. The summed E-state index contributed by atoms with van der Waals surface area (Å²) in [6.07, 6.45) is -5.06. The molecule has 0 bridgehead atoms. The zero-order valence-electron chi connectivity index (χ0n) is 13.3. The predicted molar refractivity (Wildman–Crippen MR) is 82.2 cm³/mol. The summed E-state index contributed by atoms with van der Waals surface area (Å²) in [6, 6.07) is 1.39. The second-order valence-corrected chi connectivity index (χ2v) is 5.51. The van der Waals surface area contributed by atoms with Crippen LogP contribution in [0.15, 0.2) is 6.07 Å². The van der Waals surface area contributed by atoms with Crippen LogP contribution < -0.4 is 16.0 Å². The van der Waals surface area contributed by atoms with Crippen LogP contribution in [0.3, 0.4) is 0 Å². The quantitative estimate of drug-likeness (QED) is 0.874. The van der Waals surface area contributed by atoms with Gasteiger partial charge in [0.25, 0.3) is 5.91 Å². The second kappa shape index (κ2) is 6.68. The average molecular weight is 345 g/mol. The molecule has 2 rings (SSSR count). The Labute approximate surface area is 136 Å². The number of amides is 2. The predicted octanol–water partition coefficient (Wildman–Crippen LogP) is 1.74. The number of hydrogen-bond donors (Lipinski definition) is 2. The molecule has 24 heavy (non-hydrogen) atoms. The van der Waals surface area contributed by atoms with Gasteiger partial charge in [0, 0.05) is 18.8 Å². The van der Waals surface area contributed by atoms with E-state index in [2.05, 4.69) is 0 Å². The number of aryl methyl sites for hydroxylation is 1. The molecule has 0 aliphatic carbocycles. The number of nitrogens with zero attached hydrogens (tertiary/aromatic N) is 1. The van der Waals surface area contributed by atoms with E-state index in [-0.39, 0.29) is 11.3 Å². The van der Waals surface area contributed by atoms with Crippen molar-refractivity contribution in [3.63, 3.8) is 0 Å². The van der Waals surface area contributed by atoms with Crippen LogP contribution >= 0.6 is 0 Å². The highest BCUT2D eigenvalue weighted by Gasteiger charge is 2.39. The first-order valence-electron chi connectivity index (χ1n) is 7.27. The number of alkyl halides is 3. The Bertz CT molecular complexity index is 668. The molecular weight excluding hydrogens is 327 g/mol. The van der Waals surface area contributed by atoms with Gasteiger partial charge >= 0.3 is 12.1 Å². The lowest BCUT2D eigenvalue weighted by molar-refractivity contribution is -0.167. The van der Waals surface area contributed by atoms with Crippen molar-refractivity contribution < 1.29 is 27.5 Å². The van der Waals surface area contributed by atoms with Crippen molar-refractivity contribution >= 4 is 23.2 Å². The van der Waals surface area contributed by atoms with Gasteiger partial charge in [-0.15, -0.1) is 0 Å². The number of carbonyl (C=O) groups is 2. The molecule has 0 radical (unpaired) electrons. The molecule has 1 aromatic carbocycles. The molecule has 1 aliphatic rings. The summed E-state index contributed by atoms with van der Waals surface area (Å²) in [6.45, 7) is 5.38. The second-order valence-electron chi connectivity index (χ2n) is 5.51. The minimum Gasteiger partial charge on any atom is -0.378 e. The standard InChI is InChI=1S/C15H18F3N3O3/c1-8-7-10(13(19)22)11(20-14(23)15(16,17)18)9(2)12(8)21-3-5-24-6-4-21/h7H,3-6H2,1-2H3,(H2,19,22)(H,20,23). The van der Waals surface area contributed by atoms with Gasteiger partial charge in [0.15, 0.2) is 0 Å². The molecule has 9 heteroatoms. The number of primary amides is 1. The number of rotatable bonds is 3. The number of benzene rings is 1. The molecule has 1 saturated heterocycles. The number of halogens is 3. The maximum Gasteiger partial charge on any atom is 0.471 e. The van der Waals surface area contributed by atoms with Gasteiger partial charge in [-0.25, -0.2) is 0 Å². The summed E-state index contributed by atoms with van der Waals surface area (Å²) in [5.74, 6) is -3.06. The van der Waals surface area contributed by atoms with Gasteiger partial charge in [0.1, 0.15) is 0 Å². The molecule has 6 nitrogen and oxygen atoms in total. The van der Waals surface area contributed by atoms with Gasteiger partial charge < -0.3 is 20.7 Å². The fourth-order valence-electron chi connectivity index (χ4n) is 2.79. The zero-order valence-corrected chi connectivity index (χ0v) is 13.3. The van der Waals surface area contributed by atoms with Crippen LogP contribution in [0, 0.1) is 13.8 Å². The number of anilines is 2. The van der Waals surface area contributed by atoms with Crippen LogP contribution in [-0.2, 0) is 9.53 Å². The van der Waals surface area contributed by atoms with E-state index in [1.165, 1.54) is 6.07 Å². The van der Waals surface area contributed by atoms with Crippen LogP contribution in [0.2, 0.25) is 0 Å². The third kappa shape index (κ3) is 3.61. The molecule has 2 amide bonds. The lowest BCUT2D eigenvalue weighted by Crippen LogP contribution is -2.38. The third-order valence-corrected chi connectivity index (χ3v) is 3.82. The first-order valence-corrected chi connectivity index (χ1v) is 7.27. The molecule has 0 aromatic heterocycles. The Kier molecular flexibility index (Phi) is 5.02. The average Bonchev–Trinajstić information content (AvgIpc) is 2.49. The van der Waals surface area contributed by atoms with Gasteiger partial charge in [-0.1, -0.05) is 0 Å². The third-order valence-electron chi connectivity index (χ3n) is 3.82. The minimum atomic E-state index is -5.06. The topological polar surface area (TPSA) is 84.7 Å². The van der Waals surface area contributed by atoms with Crippen molar-refractivity contribution in [2.45, 2.75) is 20.0 Å². The monoisotopic (exact) mass is 345 g/mol. The van der Waals surface area contributed by atoms with E-state index in [4.69, 9.17) is 10.5 Å². The smallest absolute Gasteiger partial charge is 0.378 e. The summed E-state index contributed by atoms with van der Waals surface area (Å²) in [5, 5.41) is 1.78. The summed E-state index contributed by atoms with van der Waals surface area (Å²) >= 11 is 0. The van der Waals surface area contributed by atoms with Gasteiger partial charge in [-0.05, 0) is 31.0 Å². The number of ether oxygens (including phenoxy) is 1. The first-order chi connectivity index (χ1) is 11.1. The van der Waals surface area contributed by atoms with Gasteiger partial charge in [-0.2, -0.15) is 13.2 Å². The minimum absolute atomic E-state index is 0.153. The van der Waals surface area contributed by atoms with E-state index in [0.29, 0.717) is 43.1 Å². The van der Waals surface area contributed by atoms with Crippen LogP contribution in [-0.4, -0.2) is 44.3 Å². The fraction of sp³-hybridized carbons (Fsp3) is 0.467. The van der Waals surface area contributed by atoms with E-state index in [9.17, 15) is 22.8 Å². The van der Waals surface area contributed by atoms with Crippen LogP contribution in [0.4, 0.5) is 24.5 Å². The molecule has 1 fully saturated rings. The van der Waals surface area contributed by atoms with Gasteiger partial charge in [0.2, 0.25) is 0 Å². The fourth-order valence-corrected chi connectivity index (χ4v) is 2.79. The van der Waals surface area contributed by atoms with E-state index in [0.717, 1.165) is 0 Å². The van der Waals surface area contributed by atoms with Crippen LogP contribution in [0.1, 0.15) is 21.5 Å². The molecule has 1 aliphatic heterocycles. The Morgan fingerprint density at radius 2 is 1.83 bits per heavy atom. The van der Waals surface area contributed by atoms with Crippen molar-refractivity contribution in [1.29, 1.82) is 0 Å². The Hall–Kier alpha value is -2.29. The normalized spacial score (nSPS) is 15.3. The molecule has 1 aromatic rings. The molecule has 0 unspecified atom stereocenters. The first kappa shape index (κ1) is 18.1. The van der Waals surface area contributed by atoms with Gasteiger partial charge in [-0.3, -0.25) is 9.59 Å². The van der Waals surface area contributed by atoms with Crippen LogP contribution in [0.25, 0.3) is 0 Å². The summed E-state index contributed by atoms with van der Waals surface area (Å²) in [7, 11) is 0. The maximum absolute atomic E-state index is 12.6. The van der Waals surface area contributed by atoms with Crippen molar-refractivity contribution in [2.75, 3.05) is 36.5 Å². The highest BCUT2D eigenvalue weighted by atomic mass is 19.4. The van der Waals surface area contributed by atoms with Crippen molar-refractivity contribution in [3.8, 4) is 0 Å². The molecule has 0 spiro atoms. The summed E-state index contributed by atoms with van der Waals surface area (Å²) < 4.78 is 43.0. The molecule has 0 atom stereocenters. The van der Waals surface area contributed by atoms with Crippen molar-refractivity contribution in [2.24, 2.45) is 5.73 Å². The lowest BCUT2D eigenvalue weighted by atomic mass is 9.99. The number of nitrogens with two attached hydrogens (primary N) is 1. The van der Waals surface area contributed by atoms with E-state index < -0.39 is 18.0 Å². The largest absolute Gasteiger partial charge is 0.471 e. The lowest BCUT2D eigenvalue weighted by Gasteiger charge is -2.32. The number of morpholine rings is 1. The van der Waals surface area contributed by atoms with Crippen molar-refractivity contribution in [3.05, 3.63) is 22.8 Å². The number of hydrogen-bond acceptors (Lipinski definition) is 4. The van der Waals surface area contributed by atoms with Crippen LogP contribution in [0.5, 0.6) is 0 Å². The highest BCUT2D eigenvalue weighted by Crippen LogP contribution is 2.35. The molecular formula is C15H18F3N3O3. The molecule has 1 heterocycles. The Morgan fingerprint density at radius 3 is 2.33 bits per heavy atom. The summed E-state index contributed by atoms with van der Waals surface area (Å²) in [4.78, 5) is 24.9. The highest BCUT2D eigenvalue weighted by molar-refractivity contribution is 6.06. The SMILES string of the molecule is Cc1cc(C(N)=O)c(NC(=O)C(F)(F)F)c(C)c1N1CCOCC1. The Morgan fingerprint density at radius 1 is 1.25 bits per heavy atom. The van der Waals surface area contributed by atoms with E-state index >= 15 is 0 Å². The van der Waals surface area contributed by atoms with Crippen molar-refractivity contribution in [1.82, 2.24) is 0 Å². The van der Waals surface area contributed by atoms with E-state index in [1.54, 1.807) is 19.2 Å². The maximum atomic E-state index is 12.6. The molecule has 0 saturated carbocycles. The Balaban J connectivity index is 2.53. The summed E-state index contributed by atoms with van der Waals surface area (Å²) in [5.41, 5.74) is 6.62. The number of carbonyl (C=O) groups excluding carboxylic acids is 2. The molecule has 132 valence electrons. The zero-order chi connectivity index (χ0) is 18.1. The molecule has 3 N–H and O–H groups in total. The van der Waals surface area contributed by atoms with E-state index in [1.807, 2.05) is 4.90 Å².